The maximum atomic E-state index is 13.3. The minimum absolute atomic E-state index is 0.00472. The van der Waals surface area contributed by atoms with Crippen LogP contribution < -0.4 is 15.4 Å². The van der Waals surface area contributed by atoms with Crippen molar-refractivity contribution in [1.29, 1.82) is 0 Å². The summed E-state index contributed by atoms with van der Waals surface area (Å²) in [5.41, 5.74) is 0.532. The lowest BCUT2D eigenvalue weighted by atomic mass is 10.0. The second-order valence-corrected chi connectivity index (χ2v) is 3.76. The number of hydrogen-bond acceptors (Lipinski definition) is 4. The zero-order valence-electron chi connectivity index (χ0n) is 9.09. The molecule has 0 bridgehead atoms. The molecular formula is C11H15FN2O2. The van der Waals surface area contributed by atoms with Crippen LogP contribution in [-0.2, 0) is 0 Å². The molecule has 0 radical (unpaired) electrons. The van der Waals surface area contributed by atoms with E-state index in [1.54, 1.807) is 0 Å². The van der Waals surface area contributed by atoms with Gasteiger partial charge in [0.2, 0.25) is 0 Å². The smallest absolute Gasteiger partial charge is 0.163 e. The number of hydrogen-bond donors (Lipinski definition) is 3. The maximum absolute atomic E-state index is 13.3. The van der Waals surface area contributed by atoms with Crippen molar-refractivity contribution in [2.24, 2.45) is 0 Å². The van der Waals surface area contributed by atoms with Gasteiger partial charge in [0, 0.05) is 37.3 Å². The largest absolute Gasteiger partial charge is 0.504 e. The summed E-state index contributed by atoms with van der Waals surface area (Å²) in [5.74, 6) is -0.232. The molecule has 1 aromatic carbocycles. The molecule has 16 heavy (non-hydrogen) atoms. The Kier molecular flexibility index (Phi) is 3.26. The molecule has 1 aliphatic heterocycles. The van der Waals surface area contributed by atoms with Crippen molar-refractivity contribution < 1.29 is 14.2 Å². The molecule has 1 aromatic rings. The first-order valence-corrected chi connectivity index (χ1v) is 5.23. The fraction of sp³-hybridized carbons (Fsp3) is 0.455. The van der Waals surface area contributed by atoms with Gasteiger partial charge in [-0.1, -0.05) is 0 Å². The number of benzene rings is 1. The Morgan fingerprint density at radius 1 is 1.44 bits per heavy atom. The molecule has 5 heteroatoms. The predicted molar refractivity (Wildman–Crippen MR) is 58.2 cm³/mol. The van der Waals surface area contributed by atoms with Crippen LogP contribution in [0, 0.1) is 5.82 Å². The van der Waals surface area contributed by atoms with Gasteiger partial charge in [-0.3, -0.25) is 0 Å². The van der Waals surface area contributed by atoms with Gasteiger partial charge in [-0.2, -0.15) is 0 Å². The number of piperazine rings is 1. The molecule has 88 valence electrons. The minimum Gasteiger partial charge on any atom is -0.504 e. The molecule has 0 aromatic heterocycles. The lowest BCUT2D eigenvalue weighted by Crippen LogP contribution is -2.42. The molecule has 2 rings (SSSR count). The molecule has 0 saturated carbocycles. The van der Waals surface area contributed by atoms with Gasteiger partial charge in [0.25, 0.3) is 0 Å². The average Bonchev–Trinajstić information content (AvgIpc) is 2.33. The van der Waals surface area contributed by atoms with E-state index in [4.69, 9.17) is 4.74 Å². The van der Waals surface area contributed by atoms with Gasteiger partial charge < -0.3 is 20.5 Å². The molecule has 1 saturated heterocycles. The molecule has 1 atom stereocenters. The summed E-state index contributed by atoms with van der Waals surface area (Å²) in [7, 11) is 1.41. The third-order valence-electron chi connectivity index (χ3n) is 2.71. The lowest BCUT2D eigenvalue weighted by Gasteiger charge is -2.25. The summed E-state index contributed by atoms with van der Waals surface area (Å²) in [4.78, 5) is 0. The number of aromatic hydroxyl groups is 1. The third kappa shape index (κ3) is 2.10. The topological polar surface area (TPSA) is 53.5 Å². The Morgan fingerprint density at radius 2 is 2.25 bits per heavy atom. The first-order valence-electron chi connectivity index (χ1n) is 5.23. The highest BCUT2D eigenvalue weighted by molar-refractivity contribution is 5.47. The van der Waals surface area contributed by atoms with Crippen molar-refractivity contribution in [2.45, 2.75) is 6.04 Å². The van der Waals surface area contributed by atoms with E-state index in [1.807, 2.05) is 0 Å². The number of nitrogens with one attached hydrogen (secondary N) is 2. The van der Waals surface area contributed by atoms with E-state index in [2.05, 4.69) is 10.6 Å². The standard InChI is InChI=1S/C11H15FN2O2/c1-16-10-5-7(12)4-8(11(10)15)9-6-13-2-3-14-9/h4-5,9,13-15H,2-3,6H2,1H3/t9-/m0/s1. The lowest BCUT2D eigenvalue weighted by molar-refractivity contribution is 0.355. The van der Waals surface area contributed by atoms with E-state index >= 15 is 0 Å². The van der Waals surface area contributed by atoms with E-state index in [9.17, 15) is 9.50 Å². The van der Waals surface area contributed by atoms with Gasteiger partial charge >= 0.3 is 0 Å². The second-order valence-electron chi connectivity index (χ2n) is 3.76. The molecule has 4 nitrogen and oxygen atoms in total. The first kappa shape index (κ1) is 11.2. The number of ether oxygens (including phenoxy) is 1. The number of rotatable bonds is 2. The van der Waals surface area contributed by atoms with E-state index < -0.39 is 5.82 Å². The normalized spacial score (nSPS) is 20.8. The highest BCUT2D eigenvalue weighted by Crippen LogP contribution is 2.34. The van der Waals surface area contributed by atoms with Crippen LogP contribution in [0.5, 0.6) is 11.5 Å². The molecule has 1 fully saturated rings. The Labute approximate surface area is 93.4 Å². The van der Waals surface area contributed by atoms with Gasteiger partial charge in [-0.25, -0.2) is 4.39 Å². The van der Waals surface area contributed by atoms with Crippen molar-refractivity contribution in [2.75, 3.05) is 26.7 Å². The van der Waals surface area contributed by atoms with E-state index in [0.29, 0.717) is 12.1 Å². The van der Waals surface area contributed by atoms with Crippen LogP contribution in [0.2, 0.25) is 0 Å². The maximum Gasteiger partial charge on any atom is 0.163 e. The monoisotopic (exact) mass is 226 g/mol. The molecule has 0 aliphatic carbocycles. The Balaban J connectivity index is 2.34. The van der Waals surface area contributed by atoms with Crippen LogP contribution in [0.4, 0.5) is 4.39 Å². The summed E-state index contributed by atoms with van der Waals surface area (Å²) in [6, 6.07) is 2.43. The molecule has 0 amide bonds. The fourth-order valence-electron chi connectivity index (χ4n) is 1.89. The number of phenolic OH excluding ortho intramolecular Hbond substituents is 1. The quantitative estimate of drug-likeness (QED) is 0.697. The van der Waals surface area contributed by atoms with Crippen molar-refractivity contribution in [3.63, 3.8) is 0 Å². The van der Waals surface area contributed by atoms with Crippen LogP contribution in [0.15, 0.2) is 12.1 Å². The molecule has 3 N–H and O–H groups in total. The Morgan fingerprint density at radius 3 is 2.88 bits per heavy atom. The van der Waals surface area contributed by atoms with Crippen LogP contribution in [-0.4, -0.2) is 31.9 Å². The van der Waals surface area contributed by atoms with Crippen molar-refractivity contribution in [1.82, 2.24) is 10.6 Å². The number of halogens is 1. The Hall–Kier alpha value is -1.33. The molecule has 0 spiro atoms. The fourth-order valence-corrected chi connectivity index (χ4v) is 1.89. The average molecular weight is 226 g/mol. The highest BCUT2D eigenvalue weighted by Gasteiger charge is 2.21. The van der Waals surface area contributed by atoms with Crippen molar-refractivity contribution in [3.8, 4) is 11.5 Å². The van der Waals surface area contributed by atoms with Gasteiger partial charge in [0.1, 0.15) is 5.82 Å². The highest BCUT2D eigenvalue weighted by atomic mass is 19.1. The van der Waals surface area contributed by atoms with Crippen LogP contribution in [0.3, 0.4) is 0 Å². The first-order chi connectivity index (χ1) is 7.72. The second kappa shape index (κ2) is 4.67. The third-order valence-corrected chi connectivity index (χ3v) is 2.71. The van der Waals surface area contributed by atoms with E-state index in [0.717, 1.165) is 13.1 Å². The summed E-state index contributed by atoms with van der Waals surface area (Å²) in [6.07, 6.45) is 0. The van der Waals surface area contributed by atoms with Crippen LogP contribution in [0.25, 0.3) is 0 Å². The van der Waals surface area contributed by atoms with Crippen LogP contribution >= 0.6 is 0 Å². The van der Waals surface area contributed by atoms with Gasteiger partial charge in [0.05, 0.1) is 7.11 Å². The van der Waals surface area contributed by atoms with Gasteiger partial charge in [-0.15, -0.1) is 0 Å². The van der Waals surface area contributed by atoms with Gasteiger partial charge in [0.15, 0.2) is 11.5 Å². The summed E-state index contributed by atoms with van der Waals surface area (Å²) < 4.78 is 18.2. The minimum atomic E-state index is -0.406. The molecule has 1 heterocycles. The predicted octanol–water partition coefficient (Wildman–Crippen LogP) is 0.774. The van der Waals surface area contributed by atoms with Gasteiger partial charge in [-0.05, 0) is 6.07 Å². The van der Waals surface area contributed by atoms with E-state index in [1.165, 1.54) is 19.2 Å². The van der Waals surface area contributed by atoms with E-state index in [-0.39, 0.29) is 17.5 Å². The summed E-state index contributed by atoms with van der Waals surface area (Å²) >= 11 is 0. The van der Waals surface area contributed by atoms with Crippen molar-refractivity contribution in [3.05, 3.63) is 23.5 Å². The molecular weight excluding hydrogens is 211 g/mol. The molecule has 0 unspecified atom stereocenters. The summed E-state index contributed by atoms with van der Waals surface area (Å²) in [5, 5.41) is 16.3. The van der Waals surface area contributed by atoms with Crippen molar-refractivity contribution >= 4 is 0 Å². The number of methoxy groups -OCH3 is 1. The molecule has 1 aliphatic rings. The number of phenols is 1. The SMILES string of the molecule is COc1cc(F)cc([C@@H]2CNCCN2)c1O. The zero-order chi connectivity index (χ0) is 11.5. The Bertz CT molecular complexity index is 378. The summed E-state index contributed by atoms with van der Waals surface area (Å²) in [6.45, 7) is 2.34. The zero-order valence-corrected chi connectivity index (χ0v) is 9.09. The van der Waals surface area contributed by atoms with Crippen LogP contribution in [0.1, 0.15) is 11.6 Å².